The minimum Gasteiger partial charge on any atom is -0.508 e. The van der Waals surface area contributed by atoms with Crippen LogP contribution >= 0.6 is 0 Å². The lowest BCUT2D eigenvalue weighted by Crippen LogP contribution is -2.25. The van der Waals surface area contributed by atoms with E-state index in [1.54, 1.807) is 18.2 Å². The number of rotatable bonds is 2. The molecule has 2 aromatic rings. The number of anilines is 2. The van der Waals surface area contributed by atoms with Crippen LogP contribution in [0.3, 0.4) is 0 Å². The molecule has 5 heteroatoms. The van der Waals surface area contributed by atoms with Gasteiger partial charge in [-0.05, 0) is 12.1 Å². The zero-order chi connectivity index (χ0) is 12.4. The smallest absolute Gasteiger partial charge is 0.227 e. The van der Waals surface area contributed by atoms with Crippen LogP contribution in [0.4, 0.5) is 11.6 Å². The van der Waals surface area contributed by atoms with Crippen molar-refractivity contribution < 1.29 is 5.11 Å². The Morgan fingerprint density at radius 2 is 2.28 bits per heavy atom. The normalized spacial score (nSPS) is 14.0. The van der Waals surface area contributed by atoms with E-state index in [1.807, 2.05) is 12.3 Å². The van der Waals surface area contributed by atoms with E-state index in [9.17, 15) is 5.11 Å². The van der Waals surface area contributed by atoms with Crippen molar-refractivity contribution >= 4 is 11.6 Å². The van der Waals surface area contributed by atoms with Crippen LogP contribution in [0.5, 0.6) is 5.75 Å². The van der Waals surface area contributed by atoms with Gasteiger partial charge in [-0.1, -0.05) is 6.07 Å². The maximum absolute atomic E-state index is 9.39. The second kappa shape index (κ2) is 4.62. The average Bonchev–Trinajstić information content (AvgIpc) is 2.39. The second-order valence-electron chi connectivity index (χ2n) is 4.27. The fourth-order valence-electron chi connectivity index (χ4n) is 2.01. The maximum atomic E-state index is 9.39. The number of aromatic hydroxyl groups is 1. The fourth-order valence-corrected chi connectivity index (χ4v) is 2.01. The molecule has 1 aromatic heterocycles. The van der Waals surface area contributed by atoms with Crippen molar-refractivity contribution in [1.82, 2.24) is 15.3 Å². The number of fused-ring (bicyclic) bond motifs is 1. The highest BCUT2D eigenvalue weighted by atomic mass is 16.3. The predicted molar refractivity (Wildman–Crippen MR) is 68.8 cm³/mol. The molecule has 1 aliphatic rings. The predicted octanol–water partition coefficient (Wildman–Crippen LogP) is 1.57. The van der Waals surface area contributed by atoms with Crippen LogP contribution in [0.15, 0.2) is 30.5 Å². The highest BCUT2D eigenvalue weighted by molar-refractivity contribution is 5.55. The Bertz CT molecular complexity index is 571. The van der Waals surface area contributed by atoms with Gasteiger partial charge in [0.15, 0.2) is 0 Å². The van der Waals surface area contributed by atoms with Crippen molar-refractivity contribution in [3.05, 3.63) is 41.7 Å². The zero-order valence-corrected chi connectivity index (χ0v) is 9.85. The Hall–Kier alpha value is -2.14. The fraction of sp³-hybridized carbons (Fsp3) is 0.231. The third kappa shape index (κ3) is 2.26. The SMILES string of the molecule is Oc1cccc(Nc2ncc3c(n2)CCNC3)c1. The first-order valence-corrected chi connectivity index (χ1v) is 5.93. The van der Waals surface area contributed by atoms with Crippen molar-refractivity contribution in [2.75, 3.05) is 11.9 Å². The Morgan fingerprint density at radius 1 is 1.33 bits per heavy atom. The van der Waals surface area contributed by atoms with Gasteiger partial charge in [0.2, 0.25) is 5.95 Å². The van der Waals surface area contributed by atoms with Gasteiger partial charge in [0.25, 0.3) is 0 Å². The molecule has 0 fully saturated rings. The Kier molecular flexibility index (Phi) is 2.82. The third-order valence-electron chi connectivity index (χ3n) is 2.91. The molecule has 1 aromatic carbocycles. The van der Waals surface area contributed by atoms with E-state index >= 15 is 0 Å². The van der Waals surface area contributed by atoms with Crippen molar-refractivity contribution in [3.63, 3.8) is 0 Å². The molecule has 0 spiro atoms. The van der Waals surface area contributed by atoms with E-state index in [4.69, 9.17) is 0 Å². The lowest BCUT2D eigenvalue weighted by Gasteiger charge is -2.16. The average molecular weight is 242 g/mol. The maximum Gasteiger partial charge on any atom is 0.227 e. The number of nitrogens with zero attached hydrogens (tertiary/aromatic N) is 2. The number of hydrogen-bond acceptors (Lipinski definition) is 5. The van der Waals surface area contributed by atoms with Gasteiger partial charge in [0.1, 0.15) is 5.75 Å². The summed E-state index contributed by atoms with van der Waals surface area (Å²) in [5.41, 5.74) is 3.03. The molecule has 1 aliphatic heterocycles. The van der Waals surface area contributed by atoms with Crippen LogP contribution in [0, 0.1) is 0 Å². The van der Waals surface area contributed by atoms with Crippen molar-refractivity contribution in [1.29, 1.82) is 0 Å². The Balaban J connectivity index is 1.85. The summed E-state index contributed by atoms with van der Waals surface area (Å²) in [6, 6.07) is 6.92. The lowest BCUT2D eigenvalue weighted by molar-refractivity contribution is 0.475. The molecule has 0 amide bonds. The Morgan fingerprint density at radius 3 is 3.17 bits per heavy atom. The van der Waals surface area contributed by atoms with E-state index < -0.39 is 0 Å². The highest BCUT2D eigenvalue weighted by Crippen LogP contribution is 2.19. The first kappa shape index (κ1) is 11.0. The van der Waals surface area contributed by atoms with Gasteiger partial charge in [0.05, 0.1) is 5.69 Å². The highest BCUT2D eigenvalue weighted by Gasteiger charge is 2.11. The summed E-state index contributed by atoms with van der Waals surface area (Å²) in [6.45, 7) is 1.79. The molecular weight excluding hydrogens is 228 g/mol. The minimum absolute atomic E-state index is 0.224. The van der Waals surface area contributed by atoms with Crippen LogP contribution in [0.25, 0.3) is 0 Å². The van der Waals surface area contributed by atoms with E-state index in [0.29, 0.717) is 5.95 Å². The van der Waals surface area contributed by atoms with E-state index in [-0.39, 0.29) is 5.75 Å². The van der Waals surface area contributed by atoms with Crippen LogP contribution < -0.4 is 10.6 Å². The Labute approximate surface area is 105 Å². The molecule has 0 atom stereocenters. The van der Waals surface area contributed by atoms with Crippen LogP contribution in [-0.4, -0.2) is 21.6 Å². The molecule has 2 heterocycles. The molecule has 18 heavy (non-hydrogen) atoms. The number of aromatic nitrogens is 2. The minimum atomic E-state index is 0.224. The topological polar surface area (TPSA) is 70.1 Å². The number of hydrogen-bond donors (Lipinski definition) is 3. The van der Waals surface area contributed by atoms with Gasteiger partial charge in [0, 0.05) is 43.0 Å². The molecule has 5 nitrogen and oxygen atoms in total. The van der Waals surface area contributed by atoms with Crippen LogP contribution in [0.2, 0.25) is 0 Å². The molecule has 3 rings (SSSR count). The summed E-state index contributed by atoms with van der Waals surface area (Å²) in [7, 11) is 0. The van der Waals surface area contributed by atoms with Gasteiger partial charge < -0.3 is 15.7 Å². The molecular formula is C13H14N4O. The van der Waals surface area contributed by atoms with E-state index in [0.717, 1.165) is 36.5 Å². The van der Waals surface area contributed by atoms with Crippen LogP contribution in [-0.2, 0) is 13.0 Å². The van der Waals surface area contributed by atoms with Gasteiger partial charge >= 0.3 is 0 Å². The van der Waals surface area contributed by atoms with E-state index in [1.165, 1.54) is 0 Å². The van der Waals surface area contributed by atoms with Gasteiger partial charge in [-0.15, -0.1) is 0 Å². The molecule has 0 saturated carbocycles. The zero-order valence-electron chi connectivity index (χ0n) is 9.85. The molecule has 0 bridgehead atoms. The monoisotopic (exact) mass is 242 g/mol. The first-order valence-electron chi connectivity index (χ1n) is 5.93. The van der Waals surface area contributed by atoms with E-state index in [2.05, 4.69) is 20.6 Å². The third-order valence-corrected chi connectivity index (χ3v) is 2.91. The molecule has 0 unspecified atom stereocenters. The quantitative estimate of drug-likeness (QED) is 0.745. The number of phenolic OH excluding ortho intramolecular Hbond substituents is 1. The molecule has 0 aliphatic carbocycles. The number of benzene rings is 1. The summed E-state index contributed by atoms with van der Waals surface area (Å²) in [5.74, 6) is 0.795. The molecule has 92 valence electrons. The summed E-state index contributed by atoms with van der Waals surface area (Å²) in [4.78, 5) is 8.77. The molecule has 3 N–H and O–H groups in total. The number of nitrogens with one attached hydrogen (secondary N) is 2. The van der Waals surface area contributed by atoms with Crippen LogP contribution in [0.1, 0.15) is 11.3 Å². The summed E-state index contributed by atoms with van der Waals surface area (Å²) in [5, 5.41) is 15.8. The first-order chi connectivity index (χ1) is 8.81. The summed E-state index contributed by atoms with van der Waals surface area (Å²) in [6.07, 6.45) is 2.77. The second-order valence-corrected chi connectivity index (χ2v) is 4.27. The molecule has 0 radical (unpaired) electrons. The standard InChI is InChI=1S/C13H14N4O/c18-11-3-1-2-10(6-11)16-13-15-8-9-7-14-5-4-12(9)17-13/h1-3,6,8,14,18H,4-5,7H2,(H,15,16,17). The van der Waals surface area contributed by atoms with Gasteiger partial charge in [-0.3, -0.25) is 0 Å². The van der Waals surface area contributed by atoms with Gasteiger partial charge in [-0.2, -0.15) is 0 Å². The lowest BCUT2D eigenvalue weighted by atomic mass is 10.1. The van der Waals surface area contributed by atoms with Gasteiger partial charge in [-0.25, -0.2) is 9.97 Å². The van der Waals surface area contributed by atoms with Crippen molar-refractivity contribution in [2.45, 2.75) is 13.0 Å². The number of phenols is 1. The van der Waals surface area contributed by atoms with Crippen molar-refractivity contribution in [3.8, 4) is 5.75 Å². The molecule has 0 saturated heterocycles. The largest absolute Gasteiger partial charge is 0.508 e. The van der Waals surface area contributed by atoms with Crippen molar-refractivity contribution in [2.24, 2.45) is 0 Å². The summed E-state index contributed by atoms with van der Waals surface area (Å²) >= 11 is 0. The summed E-state index contributed by atoms with van der Waals surface area (Å²) < 4.78 is 0.